The summed E-state index contributed by atoms with van der Waals surface area (Å²) >= 11 is 0. The van der Waals surface area contributed by atoms with E-state index >= 15 is 0 Å². The molecule has 0 spiro atoms. The summed E-state index contributed by atoms with van der Waals surface area (Å²) in [4.78, 5) is 23.7. The number of rotatable bonds is 5. The Morgan fingerprint density at radius 1 is 1.62 bits per heavy atom. The van der Waals surface area contributed by atoms with Crippen LogP contribution in [0.5, 0.6) is 0 Å². The van der Waals surface area contributed by atoms with Gasteiger partial charge < -0.3 is 14.7 Å². The first-order valence-electron chi connectivity index (χ1n) is 6.76. The highest BCUT2D eigenvalue weighted by Crippen LogP contribution is 2.33. The maximum atomic E-state index is 11.4. The zero-order valence-electron chi connectivity index (χ0n) is 12.0. The van der Waals surface area contributed by atoms with Gasteiger partial charge in [-0.1, -0.05) is 6.92 Å². The number of nitro groups is 1. The molecule has 1 N–H and O–H groups in total. The number of ether oxygens (including phenoxy) is 1. The molecular formula is C12H18N4O5. The van der Waals surface area contributed by atoms with E-state index in [1.54, 1.807) is 6.92 Å². The van der Waals surface area contributed by atoms with E-state index in [-0.39, 0.29) is 24.7 Å². The molecule has 1 aromatic rings. The predicted octanol–water partition coefficient (Wildman–Crippen LogP) is 0.800. The summed E-state index contributed by atoms with van der Waals surface area (Å²) in [6, 6.07) is -0.941. The lowest BCUT2D eigenvalue weighted by molar-refractivity contribution is -0.384. The number of carboxylic acid groups (broad SMARTS) is 1. The number of hydrogen-bond acceptors (Lipinski definition) is 6. The zero-order chi connectivity index (χ0) is 15.6. The van der Waals surface area contributed by atoms with Crippen molar-refractivity contribution in [2.75, 3.05) is 24.7 Å². The minimum absolute atomic E-state index is 0.00282. The van der Waals surface area contributed by atoms with Gasteiger partial charge in [-0.2, -0.15) is 5.10 Å². The van der Waals surface area contributed by atoms with E-state index < -0.39 is 16.9 Å². The SMILES string of the molecule is CCCn1nc(C)c([N+](=O)[O-])c1N1CCOCC1C(=O)O. The monoisotopic (exact) mass is 298 g/mol. The zero-order valence-corrected chi connectivity index (χ0v) is 12.0. The van der Waals surface area contributed by atoms with Crippen molar-refractivity contribution in [3.8, 4) is 0 Å². The molecule has 2 rings (SSSR count). The molecule has 1 fully saturated rings. The van der Waals surface area contributed by atoms with Gasteiger partial charge in [-0.3, -0.25) is 10.1 Å². The Balaban J connectivity index is 2.53. The van der Waals surface area contributed by atoms with Crippen LogP contribution in [0.4, 0.5) is 11.5 Å². The molecule has 0 aromatic carbocycles. The first-order valence-corrected chi connectivity index (χ1v) is 6.76. The summed E-state index contributed by atoms with van der Waals surface area (Å²) in [5, 5.41) is 24.8. The molecule has 1 unspecified atom stereocenters. The van der Waals surface area contributed by atoms with Crippen molar-refractivity contribution in [2.24, 2.45) is 0 Å². The van der Waals surface area contributed by atoms with Crippen LogP contribution in [0.3, 0.4) is 0 Å². The second kappa shape index (κ2) is 6.08. The maximum absolute atomic E-state index is 11.4. The second-order valence-electron chi connectivity index (χ2n) is 4.86. The molecule has 9 heteroatoms. The van der Waals surface area contributed by atoms with E-state index in [0.717, 1.165) is 6.42 Å². The average molecular weight is 298 g/mol. The normalized spacial score (nSPS) is 18.8. The summed E-state index contributed by atoms with van der Waals surface area (Å²) in [6.07, 6.45) is 0.743. The highest BCUT2D eigenvalue weighted by molar-refractivity contribution is 5.80. The van der Waals surface area contributed by atoms with Gasteiger partial charge in [0.2, 0.25) is 5.82 Å². The molecule has 1 saturated heterocycles. The van der Waals surface area contributed by atoms with Crippen LogP contribution in [0.15, 0.2) is 0 Å². The van der Waals surface area contributed by atoms with Gasteiger partial charge in [0.15, 0.2) is 6.04 Å². The number of aromatic nitrogens is 2. The van der Waals surface area contributed by atoms with Crippen molar-refractivity contribution in [1.29, 1.82) is 0 Å². The average Bonchev–Trinajstić information content (AvgIpc) is 2.75. The fraction of sp³-hybridized carbons (Fsp3) is 0.667. The second-order valence-corrected chi connectivity index (χ2v) is 4.86. The quantitative estimate of drug-likeness (QED) is 0.632. The fourth-order valence-electron chi connectivity index (χ4n) is 2.49. The smallest absolute Gasteiger partial charge is 0.333 e. The topological polar surface area (TPSA) is 111 Å². The lowest BCUT2D eigenvalue weighted by atomic mass is 10.2. The summed E-state index contributed by atoms with van der Waals surface area (Å²) in [5.41, 5.74) is 0.163. The van der Waals surface area contributed by atoms with Gasteiger partial charge in [-0.05, 0) is 13.3 Å². The maximum Gasteiger partial charge on any atom is 0.333 e. The van der Waals surface area contributed by atoms with Crippen molar-refractivity contribution in [3.05, 3.63) is 15.8 Å². The molecule has 0 bridgehead atoms. The highest BCUT2D eigenvalue weighted by Gasteiger charge is 2.37. The number of carbonyl (C=O) groups is 1. The lowest BCUT2D eigenvalue weighted by Gasteiger charge is -2.33. The Labute approximate surface area is 121 Å². The Bertz CT molecular complexity index is 556. The summed E-state index contributed by atoms with van der Waals surface area (Å²) in [5.74, 6) is -0.805. The Morgan fingerprint density at radius 2 is 2.33 bits per heavy atom. The number of anilines is 1. The third-order valence-corrected chi connectivity index (χ3v) is 3.37. The molecule has 0 aliphatic carbocycles. The number of hydrogen-bond donors (Lipinski definition) is 1. The van der Waals surface area contributed by atoms with Crippen LogP contribution in [-0.2, 0) is 16.1 Å². The molecule has 21 heavy (non-hydrogen) atoms. The van der Waals surface area contributed by atoms with Crippen molar-refractivity contribution in [3.63, 3.8) is 0 Å². The molecule has 1 aromatic heterocycles. The molecule has 9 nitrogen and oxygen atoms in total. The fourth-order valence-corrected chi connectivity index (χ4v) is 2.49. The third kappa shape index (κ3) is 2.82. The van der Waals surface area contributed by atoms with Crippen LogP contribution in [0.2, 0.25) is 0 Å². The molecule has 0 amide bonds. The van der Waals surface area contributed by atoms with Crippen molar-refractivity contribution < 1.29 is 19.6 Å². The van der Waals surface area contributed by atoms with Crippen molar-refractivity contribution >= 4 is 17.5 Å². The Kier molecular flexibility index (Phi) is 4.41. The highest BCUT2D eigenvalue weighted by atomic mass is 16.6. The number of aliphatic carboxylic acids is 1. The number of carboxylic acids is 1. The van der Waals surface area contributed by atoms with Gasteiger partial charge in [0.1, 0.15) is 5.69 Å². The van der Waals surface area contributed by atoms with E-state index in [9.17, 15) is 20.0 Å². The largest absolute Gasteiger partial charge is 0.480 e. The molecule has 0 radical (unpaired) electrons. The summed E-state index contributed by atoms with van der Waals surface area (Å²) in [7, 11) is 0. The number of nitrogens with zero attached hydrogens (tertiary/aromatic N) is 4. The molecule has 1 aliphatic heterocycles. The van der Waals surface area contributed by atoms with Gasteiger partial charge in [-0.15, -0.1) is 0 Å². The minimum Gasteiger partial charge on any atom is -0.480 e. The number of morpholine rings is 1. The van der Waals surface area contributed by atoms with Crippen LogP contribution in [0, 0.1) is 17.0 Å². The molecule has 2 heterocycles. The molecule has 116 valence electrons. The Morgan fingerprint density at radius 3 is 2.90 bits per heavy atom. The van der Waals surface area contributed by atoms with Crippen LogP contribution in [-0.4, -0.2) is 51.6 Å². The predicted molar refractivity (Wildman–Crippen MR) is 73.5 cm³/mol. The van der Waals surface area contributed by atoms with Crippen LogP contribution in [0.1, 0.15) is 19.0 Å². The van der Waals surface area contributed by atoms with Crippen molar-refractivity contribution in [1.82, 2.24) is 9.78 Å². The molecular weight excluding hydrogens is 280 g/mol. The van der Waals surface area contributed by atoms with E-state index in [2.05, 4.69) is 5.10 Å². The Hall–Kier alpha value is -2.16. The standard InChI is InChI=1S/C12H18N4O5/c1-3-4-15-11(10(16(19)20)8(2)13-15)14-5-6-21-7-9(14)12(17)18/h9H,3-7H2,1-2H3,(H,17,18). The van der Waals surface area contributed by atoms with Crippen LogP contribution < -0.4 is 4.90 Å². The third-order valence-electron chi connectivity index (χ3n) is 3.37. The first kappa shape index (κ1) is 15.2. The summed E-state index contributed by atoms with van der Waals surface area (Å²) in [6.45, 7) is 4.60. The lowest BCUT2D eigenvalue weighted by Crippen LogP contribution is -2.51. The molecule has 0 saturated carbocycles. The molecule has 1 atom stereocenters. The van der Waals surface area contributed by atoms with Crippen LogP contribution in [0.25, 0.3) is 0 Å². The van der Waals surface area contributed by atoms with Gasteiger partial charge >= 0.3 is 11.7 Å². The van der Waals surface area contributed by atoms with Gasteiger partial charge in [-0.25, -0.2) is 9.48 Å². The first-order chi connectivity index (χ1) is 9.97. The molecule has 1 aliphatic rings. The van der Waals surface area contributed by atoms with E-state index in [0.29, 0.717) is 18.8 Å². The summed E-state index contributed by atoms with van der Waals surface area (Å²) < 4.78 is 6.70. The van der Waals surface area contributed by atoms with Gasteiger partial charge in [0.25, 0.3) is 0 Å². The number of aryl methyl sites for hydroxylation is 2. The van der Waals surface area contributed by atoms with Gasteiger partial charge in [0, 0.05) is 13.1 Å². The van der Waals surface area contributed by atoms with E-state index in [1.165, 1.54) is 9.58 Å². The minimum atomic E-state index is -1.06. The van der Waals surface area contributed by atoms with Crippen LogP contribution >= 0.6 is 0 Å². The van der Waals surface area contributed by atoms with E-state index in [4.69, 9.17) is 4.74 Å². The van der Waals surface area contributed by atoms with E-state index in [1.807, 2.05) is 6.92 Å². The van der Waals surface area contributed by atoms with Gasteiger partial charge in [0.05, 0.1) is 18.1 Å². The van der Waals surface area contributed by atoms with Crippen molar-refractivity contribution in [2.45, 2.75) is 32.9 Å².